The van der Waals surface area contributed by atoms with E-state index in [-0.39, 0.29) is 12.5 Å². The van der Waals surface area contributed by atoms with E-state index in [2.05, 4.69) is 11.4 Å². The molecule has 0 radical (unpaired) electrons. The second-order valence-corrected chi connectivity index (χ2v) is 4.53. The molecule has 1 N–H and O–H groups in total. The highest BCUT2D eigenvalue weighted by Crippen LogP contribution is 2.17. The van der Waals surface area contributed by atoms with Crippen molar-refractivity contribution >= 4 is 16.8 Å². The number of amides is 1. The van der Waals surface area contributed by atoms with E-state index in [1.165, 1.54) is 0 Å². The smallest absolute Gasteiger partial charge is 0.239 e. The van der Waals surface area contributed by atoms with Crippen molar-refractivity contribution in [1.82, 2.24) is 9.88 Å². The van der Waals surface area contributed by atoms with Gasteiger partial charge in [-0.25, -0.2) is 0 Å². The first-order valence-corrected chi connectivity index (χ1v) is 6.49. The van der Waals surface area contributed by atoms with Crippen LogP contribution in [0.3, 0.4) is 0 Å². The number of hydrogen-bond acceptors (Lipinski definition) is 3. The van der Waals surface area contributed by atoms with Crippen LogP contribution in [0.25, 0.3) is 10.9 Å². The number of rotatable bonds is 6. The molecule has 1 heterocycles. The molecule has 1 aromatic carbocycles. The number of nitriles is 1. The zero-order chi connectivity index (χ0) is 14.4. The Morgan fingerprint density at radius 1 is 1.45 bits per heavy atom. The van der Waals surface area contributed by atoms with Gasteiger partial charge in [-0.05, 0) is 30.0 Å². The van der Waals surface area contributed by atoms with Gasteiger partial charge in [0, 0.05) is 32.0 Å². The van der Waals surface area contributed by atoms with Gasteiger partial charge in [0.25, 0.3) is 0 Å². The summed E-state index contributed by atoms with van der Waals surface area (Å²) < 4.78 is 6.77. The van der Waals surface area contributed by atoms with E-state index in [9.17, 15) is 4.79 Å². The average molecular weight is 271 g/mol. The van der Waals surface area contributed by atoms with Crippen LogP contribution in [0.5, 0.6) is 0 Å². The Morgan fingerprint density at radius 3 is 3.05 bits per heavy atom. The molecule has 0 atom stereocenters. The van der Waals surface area contributed by atoms with Gasteiger partial charge in [-0.15, -0.1) is 0 Å². The number of ether oxygens (including phenoxy) is 1. The van der Waals surface area contributed by atoms with E-state index in [1.54, 1.807) is 19.2 Å². The molecule has 104 valence electrons. The quantitative estimate of drug-likeness (QED) is 0.813. The maximum absolute atomic E-state index is 11.8. The van der Waals surface area contributed by atoms with Crippen molar-refractivity contribution in [2.75, 3.05) is 20.3 Å². The molecule has 2 rings (SSSR count). The molecule has 0 bridgehead atoms. The number of fused-ring (bicyclic) bond motifs is 1. The molecule has 0 aliphatic carbocycles. The SMILES string of the molecule is COCCCNC(=O)Cn1ccc2ccc(C#N)cc21. The fourth-order valence-corrected chi connectivity index (χ4v) is 2.05. The van der Waals surface area contributed by atoms with Crippen LogP contribution in [0, 0.1) is 11.3 Å². The average Bonchev–Trinajstić information content (AvgIpc) is 2.86. The van der Waals surface area contributed by atoms with Crippen LogP contribution >= 0.6 is 0 Å². The van der Waals surface area contributed by atoms with Crippen LogP contribution in [0.4, 0.5) is 0 Å². The highest BCUT2D eigenvalue weighted by Gasteiger charge is 2.06. The Balaban J connectivity index is 2.02. The van der Waals surface area contributed by atoms with Gasteiger partial charge in [-0.3, -0.25) is 4.79 Å². The number of carbonyl (C=O) groups is 1. The van der Waals surface area contributed by atoms with Crippen molar-refractivity contribution in [2.24, 2.45) is 0 Å². The number of nitrogens with zero attached hydrogens (tertiary/aromatic N) is 2. The topological polar surface area (TPSA) is 67.0 Å². The van der Waals surface area contributed by atoms with E-state index < -0.39 is 0 Å². The fourth-order valence-electron chi connectivity index (χ4n) is 2.05. The summed E-state index contributed by atoms with van der Waals surface area (Å²) in [6, 6.07) is 9.51. The predicted molar refractivity (Wildman–Crippen MR) is 76.2 cm³/mol. The first kappa shape index (κ1) is 14.1. The summed E-state index contributed by atoms with van der Waals surface area (Å²) in [5, 5.41) is 12.8. The van der Waals surface area contributed by atoms with E-state index in [0.29, 0.717) is 18.7 Å². The molecule has 2 aromatic rings. The molecule has 1 amide bonds. The van der Waals surface area contributed by atoms with Crippen molar-refractivity contribution in [3.05, 3.63) is 36.0 Å². The van der Waals surface area contributed by atoms with Crippen LogP contribution in [-0.4, -0.2) is 30.7 Å². The summed E-state index contributed by atoms with van der Waals surface area (Å²) in [5.41, 5.74) is 1.49. The molecular formula is C15H17N3O2. The minimum absolute atomic E-state index is 0.0408. The fraction of sp³-hybridized carbons (Fsp3) is 0.333. The zero-order valence-electron chi connectivity index (χ0n) is 11.4. The van der Waals surface area contributed by atoms with Gasteiger partial charge in [0.15, 0.2) is 0 Å². The third kappa shape index (κ3) is 3.37. The highest BCUT2D eigenvalue weighted by atomic mass is 16.5. The number of carbonyl (C=O) groups excluding carboxylic acids is 1. The van der Waals surface area contributed by atoms with Crippen molar-refractivity contribution in [2.45, 2.75) is 13.0 Å². The number of hydrogen-bond donors (Lipinski definition) is 1. The number of nitrogens with one attached hydrogen (secondary N) is 1. The van der Waals surface area contributed by atoms with Crippen molar-refractivity contribution in [3.8, 4) is 6.07 Å². The predicted octanol–water partition coefficient (Wildman–Crippen LogP) is 1.67. The van der Waals surface area contributed by atoms with Crippen LogP contribution in [0.2, 0.25) is 0 Å². The molecule has 0 saturated heterocycles. The second-order valence-electron chi connectivity index (χ2n) is 4.53. The maximum Gasteiger partial charge on any atom is 0.239 e. The second kappa shape index (κ2) is 6.73. The zero-order valence-corrected chi connectivity index (χ0v) is 11.4. The first-order chi connectivity index (χ1) is 9.74. The lowest BCUT2D eigenvalue weighted by molar-refractivity contribution is -0.121. The first-order valence-electron chi connectivity index (χ1n) is 6.49. The van der Waals surface area contributed by atoms with Crippen LogP contribution < -0.4 is 5.32 Å². The summed E-state index contributed by atoms with van der Waals surface area (Å²) in [6.45, 7) is 1.50. The molecule has 20 heavy (non-hydrogen) atoms. The number of aromatic nitrogens is 1. The molecule has 0 aliphatic rings. The number of benzene rings is 1. The Hall–Kier alpha value is -2.32. The van der Waals surface area contributed by atoms with E-state index in [4.69, 9.17) is 10.00 Å². The van der Waals surface area contributed by atoms with E-state index in [1.807, 2.05) is 22.9 Å². The third-order valence-corrected chi connectivity index (χ3v) is 3.06. The molecule has 0 unspecified atom stereocenters. The lowest BCUT2D eigenvalue weighted by Crippen LogP contribution is -2.28. The van der Waals surface area contributed by atoms with Gasteiger partial charge >= 0.3 is 0 Å². The van der Waals surface area contributed by atoms with E-state index >= 15 is 0 Å². The summed E-state index contributed by atoms with van der Waals surface area (Å²) in [4.78, 5) is 11.8. The molecule has 5 heteroatoms. The maximum atomic E-state index is 11.8. The summed E-state index contributed by atoms with van der Waals surface area (Å²) >= 11 is 0. The van der Waals surface area contributed by atoms with Crippen molar-refractivity contribution in [3.63, 3.8) is 0 Å². The third-order valence-electron chi connectivity index (χ3n) is 3.06. The molecular weight excluding hydrogens is 254 g/mol. The van der Waals surface area contributed by atoms with Gasteiger partial charge in [0.1, 0.15) is 6.54 Å². The lowest BCUT2D eigenvalue weighted by atomic mass is 10.2. The Morgan fingerprint density at radius 2 is 2.30 bits per heavy atom. The molecule has 0 spiro atoms. The number of methoxy groups -OCH3 is 1. The lowest BCUT2D eigenvalue weighted by Gasteiger charge is -2.07. The van der Waals surface area contributed by atoms with Crippen LogP contribution in [-0.2, 0) is 16.1 Å². The highest BCUT2D eigenvalue weighted by molar-refractivity contribution is 5.84. The van der Waals surface area contributed by atoms with Gasteiger partial charge in [0.2, 0.25) is 5.91 Å². The molecule has 0 aliphatic heterocycles. The molecule has 0 saturated carbocycles. The molecule has 0 fully saturated rings. The minimum Gasteiger partial charge on any atom is -0.385 e. The Labute approximate surface area is 117 Å². The van der Waals surface area contributed by atoms with Crippen LogP contribution in [0.15, 0.2) is 30.5 Å². The van der Waals surface area contributed by atoms with Gasteiger partial charge in [0.05, 0.1) is 11.6 Å². The van der Waals surface area contributed by atoms with Gasteiger partial charge in [-0.2, -0.15) is 5.26 Å². The molecule has 1 aromatic heterocycles. The largest absolute Gasteiger partial charge is 0.385 e. The summed E-state index contributed by atoms with van der Waals surface area (Å²) in [7, 11) is 1.64. The van der Waals surface area contributed by atoms with Gasteiger partial charge < -0.3 is 14.6 Å². The van der Waals surface area contributed by atoms with Crippen molar-refractivity contribution < 1.29 is 9.53 Å². The normalized spacial score (nSPS) is 10.4. The standard InChI is InChI=1S/C15H17N3O2/c1-20-8-2-6-17-15(19)11-18-7-5-13-4-3-12(10-16)9-14(13)18/h3-5,7,9H,2,6,8,11H2,1H3,(H,17,19). The van der Waals surface area contributed by atoms with Crippen molar-refractivity contribution in [1.29, 1.82) is 5.26 Å². The molecule has 5 nitrogen and oxygen atoms in total. The summed E-state index contributed by atoms with van der Waals surface area (Å²) in [5.74, 6) is -0.0408. The monoisotopic (exact) mass is 271 g/mol. The summed E-state index contributed by atoms with van der Waals surface area (Å²) in [6.07, 6.45) is 2.66. The Kier molecular flexibility index (Phi) is 4.75. The Bertz CT molecular complexity index is 640. The van der Waals surface area contributed by atoms with E-state index in [0.717, 1.165) is 17.3 Å². The minimum atomic E-state index is -0.0408. The van der Waals surface area contributed by atoms with Crippen LogP contribution in [0.1, 0.15) is 12.0 Å². The van der Waals surface area contributed by atoms with Gasteiger partial charge in [-0.1, -0.05) is 6.07 Å².